The van der Waals surface area contributed by atoms with Gasteiger partial charge in [-0.05, 0) is 68.7 Å². The first kappa shape index (κ1) is 21.0. The molecule has 32 heavy (non-hydrogen) atoms. The molecule has 2 aliphatic heterocycles. The van der Waals surface area contributed by atoms with Gasteiger partial charge in [0.15, 0.2) is 0 Å². The van der Waals surface area contributed by atoms with E-state index in [9.17, 15) is 9.90 Å². The van der Waals surface area contributed by atoms with Crippen LogP contribution in [-0.2, 0) is 9.53 Å². The van der Waals surface area contributed by atoms with Crippen LogP contribution in [0.4, 0.5) is 23.1 Å². The maximum absolute atomic E-state index is 11.2. The second-order valence-corrected chi connectivity index (χ2v) is 9.06. The highest BCUT2D eigenvalue weighted by Gasteiger charge is 2.28. The number of benzene rings is 1. The van der Waals surface area contributed by atoms with E-state index in [1.54, 1.807) is 0 Å². The Kier molecular flexibility index (Phi) is 6.12. The number of carboxylic acid groups (broad SMARTS) is 1. The van der Waals surface area contributed by atoms with Gasteiger partial charge in [-0.1, -0.05) is 0 Å². The van der Waals surface area contributed by atoms with Crippen molar-refractivity contribution in [1.29, 1.82) is 0 Å². The normalized spacial score (nSPS) is 21.5. The maximum Gasteiger partial charge on any atom is 0.306 e. The maximum atomic E-state index is 11.2. The zero-order chi connectivity index (χ0) is 21.9. The van der Waals surface area contributed by atoms with Gasteiger partial charge in [0.1, 0.15) is 5.82 Å². The number of hydrogen-bond donors (Lipinski definition) is 3. The molecular formula is C24H31N5O3. The number of ether oxygens (including phenoxy) is 1. The molecule has 0 amide bonds. The first-order chi connectivity index (χ1) is 15.7. The Balaban J connectivity index is 1.22. The Bertz CT molecular complexity index is 933. The number of carboxylic acids is 1. The van der Waals surface area contributed by atoms with Gasteiger partial charge in [0, 0.05) is 49.4 Å². The van der Waals surface area contributed by atoms with E-state index in [1.807, 2.05) is 18.3 Å². The van der Waals surface area contributed by atoms with Crippen molar-refractivity contribution in [1.82, 2.24) is 9.97 Å². The van der Waals surface area contributed by atoms with Crippen molar-refractivity contribution in [3.05, 3.63) is 36.0 Å². The molecular weight excluding hydrogens is 406 g/mol. The van der Waals surface area contributed by atoms with Crippen molar-refractivity contribution in [2.75, 3.05) is 41.8 Å². The Hall–Kier alpha value is -2.87. The molecule has 2 saturated heterocycles. The van der Waals surface area contributed by atoms with E-state index in [0.29, 0.717) is 24.7 Å². The summed E-state index contributed by atoms with van der Waals surface area (Å²) in [6.07, 6.45) is 8.24. The zero-order valence-electron chi connectivity index (χ0n) is 18.3. The molecule has 170 valence electrons. The van der Waals surface area contributed by atoms with Gasteiger partial charge in [0.2, 0.25) is 5.95 Å². The van der Waals surface area contributed by atoms with Gasteiger partial charge in [-0.3, -0.25) is 4.79 Å². The van der Waals surface area contributed by atoms with Gasteiger partial charge in [-0.15, -0.1) is 0 Å². The summed E-state index contributed by atoms with van der Waals surface area (Å²) in [5.41, 5.74) is 3.25. The summed E-state index contributed by atoms with van der Waals surface area (Å²) < 4.78 is 5.74. The number of anilines is 4. The summed E-state index contributed by atoms with van der Waals surface area (Å²) >= 11 is 0. The van der Waals surface area contributed by atoms with Crippen molar-refractivity contribution in [2.45, 2.75) is 50.5 Å². The van der Waals surface area contributed by atoms with E-state index >= 15 is 0 Å². The highest BCUT2D eigenvalue weighted by molar-refractivity contribution is 5.70. The van der Waals surface area contributed by atoms with Crippen LogP contribution in [-0.4, -0.2) is 53.4 Å². The lowest BCUT2D eigenvalue weighted by atomic mass is 9.97. The lowest BCUT2D eigenvalue weighted by Gasteiger charge is -2.32. The second-order valence-electron chi connectivity index (χ2n) is 9.06. The van der Waals surface area contributed by atoms with Gasteiger partial charge in [0.05, 0.1) is 12.0 Å². The summed E-state index contributed by atoms with van der Waals surface area (Å²) in [7, 11) is 0. The van der Waals surface area contributed by atoms with Crippen LogP contribution in [0, 0.1) is 5.92 Å². The van der Waals surface area contributed by atoms with Gasteiger partial charge in [-0.25, -0.2) is 4.98 Å². The number of aromatic nitrogens is 2. The quantitative estimate of drug-likeness (QED) is 0.570. The van der Waals surface area contributed by atoms with E-state index in [0.717, 1.165) is 56.3 Å². The third kappa shape index (κ3) is 4.96. The number of aliphatic carboxylic acids is 1. The molecule has 8 nitrogen and oxygen atoms in total. The number of nitrogens with one attached hydrogen (secondary N) is 2. The molecule has 3 heterocycles. The van der Waals surface area contributed by atoms with Crippen molar-refractivity contribution < 1.29 is 14.6 Å². The first-order valence-corrected chi connectivity index (χ1v) is 11.7. The average molecular weight is 438 g/mol. The fourth-order valence-corrected chi connectivity index (χ4v) is 4.57. The minimum atomic E-state index is -0.679. The SMILES string of the molecule is O=C(O)C1CCN(c2ccc(Nc3ncc(C4CC4)c(NCC4CCCO4)n3)cc2)CC1. The summed E-state index contributed by atoms with van der Waals surface area (Å²) in [5.74, 6) is 1.17. The fraction of sp³-hybridized carbons (Fsp3) is 0.542. The molecule has 1 saturated carbocycles. The standard InChI is InChI=1S/C24H31N5O3/c30-23(31)17-9-11-29(12-10-17)19-7-5-18(6-8-19)27-24-26-15-21(16-3-4-16)22(28-24)25-14-20-2-1-13-32-20/h5-8,15-17,20H,1-4,9-14H2,(H,30,31)(H2,25,26,27,28). The van der Waals surface area contributed by atoms with Crippen LogP contribution in [0.5, 0.6) is 0 Å². The van der Waals surface area contributed by atoms with E-state index in [1.165, 1.54) is 18.4 Å². The summed E-state index contributed by atoms with van der Waals surface area (Å²) in [6.45, 7) is 3.18. The molecule has 2 aromatic rings. The largest absolute Gasteiger partial charge is 0.481 e. The van der Waals surface area contributed by atoms with Gasteiger partial charge in [0.25, 0.3) is 0 Å². The molecule has 3 aliphatic rings. The van der Waals surface area contributed by atoms with Gasteiger partial charge >= 0.3 is 5.97 Å². The zero-order valence-corrected chi connectivity index (χ0v) is 18.3. The number of nitrogens with zero attached hydrogens (tertiary/aromatic N) is 3. The lowest BCUT2D eigenvalue weighted by Crippen LogP contribution is -2.36. The van der Waals surface area contributed by atoms with Gasteiger partial charge in [-0.2, -0.15) is 4.98 Å². The van der Waals surface area contributed by atoms with E-state index in [4.69, 9.17) is 9.72 Å². The Morgan fingerprint density at radius 1 is 1.12 bits per heavy atom. The van der Waals surface area contributed by atoms with E-state index in [2.05, 4.69) is 32.7 Å². The molecule has 1 aliphatic carbocycles. The minimum absolute atomic E-state index is 0.217. The van der Waals surface area contributed by atoms with E-state index < -0.39 is 5.97 Å². The molecule has 3 N–H and O–H groups in total. The summed E-state index contributed by atoms with van der Waals surface area (Å²) in [5, 5.41) is 16.0. The molecule has 1 atom stereocenters. The van der Waals surface area contributed by atoms with Crippen LogP contribution in [0.1, 0.15) is 50.0 Å². The Labute approximate surface area is 188 Å². The highest BCUT2D eigenvalue weighted by Crippen LogP contribution is 2.43. The fourth-order valence-electron chi connectivity index (χ4n) is 4.57. The second kappa shape index (κ2) is 9.32. The highest BCUT2D eigenvalue weighted by atomic mass is 16.5. The average Bonchev–Trinajstić information content (AvgIpc) is 3.53. The predicted octanol–water partition coefficient (Wildman–Crippen LogP) is 3.99. The lowest BCUT2D eigenvalue weighted by molar-refractivity contribution is -0.142. The van der Waals surface area contributed by atoms with Crippen LogP contribution < -0.4 is 15.5 Å². The smallest absolute Gasteiger partial charge is 0.306 e. The van der Waals surface area contributed by atoms with Crippen molar-refractivity contribution in [3.8, 4) is 0 Å². The topological polar surface area (TPSA) is 99.6 Å². The molecule has 0 radical (unpaired) electrons. The molecule has 5 rings (SSSR count). The van der Waals surface area contributed by atoms with Crippen LogP contribution in [0.25, 0.3) is 0 Å². The first-order valence-electron chi connectivity index (χ1n) is 11.7. The molecule has 8 heteroatoms. The number of rotatable bonds is 8. The van der Waals surface area contributed by atoms with Crippen molar-refractivity contribution >= 4 is 29.1 Å². The third-order valence-electron chi connectivity index (χ3n) is 6.69. The number of piperidine rings is 1. The van der Waals surface area contributed by atoms with Crippen LogP contribution >= 0.6 is 0 Å². The molecule has 3 fully saturated rings. The van der Waals surface area contributed by atoms with Crippen molar-refractivity contribution in [3.63, 3.8) is 0 Å². The van der Waals surface area contributed by atoms with Gasteiger partial charge < -0.3 is 25.4 Å². The Morgan fingerprint density at radius 2 is 1.91 bits per heavy atom. The third-order valence-corrected chi connectivity index (χ3v) is 6.69. The molecule has 1 unspecified atom stereocenters. The van der Waals surface area contributed by atoms with E-state index in [-0.39, 0.29) is 12.0 Å². The monoisotopic (exact) mass is 437 g/mol. The summed E-state index contributed by atoms with van der Waals surface area (Å²) in [6, 6.07) is 8.18. The molecule has 0 bridgehead atoms. The van der Waals surface area contributed by atoms with Crippen LogP contribution in [0.15, 0.2) is 30.5 Å². The number of carbonyl (C=O) groups is 1. The predicted molar refractivity (Wildman–Crippen MR) is 124 cm³/mol. The summed E-state index contributed by atoms with van der Waals surface area (Å²) in [4.78, 5) is 22.7. The van der Waals surface area contributed by atoms with Crippen LogP contribution in [0.2, 0.25) is 0 Å². The molecule has 0 spiro atoms. The number of hydrogen-bond acceptors (Lipinski definition) is 7. The molecule has 1 aromatic heterocycles. The Morgan fingerprint density at radius 3 is 2.56 bits per heavy atom. The van der Waals surface area contributed by atoms with Crippen molar-refractivity contribution in [2.24, 2.45) is 5.92 Å². The molecule has 1 aromatic carbocycles. The van der Waals surface area contributed by atoms with Crippen LogP contribution in [0.3, 0.4) is 0 Å². The minimum Gasteiger partial charge on any atom is -0.481 e.